The van der Waals surface area contributed by atoms with Gasteiger partial charge in [0.15, 0.2) is 0 Å². The molecule has 0 spiro atoms. The summed E-state index contributed by atoms with van der Waals surface area (Å²) in [6.07, 6.45) is 10.8. The summed E-state index contributed by atoms with van der Waals surface area (Å²) in [5.74, 6) is 0.710. The number of hydrogen-bond acceptors (Lipinski definition) is 5. The Morgan fingerprint density at radius 2 is 1.93 bits per heavy atom. The van der Waals surface area contributed by atoms with E-state index in [4.69, 9.17) is 9.47 Å². The number of anilines is 1. The zero-order valence-electron chi connectivity index (χ0n) is 15.6. The monoisotopic (exact) mass is 376 g/mol. The minimum Gasteiger partial charge on any atom is -0.449 e. The Labute approximate surface area is 159 Å². The molecule has 1 aromatic rings. The van der Waals surface area contributed by atoms with Crippen molar-refractivity contribution in [1.82, 2.24) is 0 Å². The number of rotatable bonds is 6. The Kier molecular flexibility index (Phi) is 7.04. The van der Waals surface area contributed by atoms with Gasteiger partial charge in [-0.2, -0.15) is 0 Å². The number of ether oxygens (including phenoxy) is 2. The van der Waals surface area contributed by atoms with Crippen LogP contribution in [-0.2, 0) is 9.47 Å². The van der Waals surface area contributed by atoms with Crippen LogP contribution in [0.4, 0.5) is 16.2 Å². The quantitative estimate of drug-likeness (QED) is 0.426. The molecule has 1 aliphatic carbocycles. The molecule has 0 unspecified atom stereocenters. The van der Waals surface area contributed by atoms with Gasteiger partial charge in [-0.1, -0.05) is 25.7 Å². The summed E-state index contributed by atoms with van der Waals surface area (Å²) < 4.78 is 11.4. The van der Waals surface area contributed by atoms with Gasteiger partial charge in [-0.3, -0.25) is 15.4 Å². The van der Waals surface area contributed by atoms with E-state index < -0.39 is 11.0 Å². The highest BCUT2D eigenvalue weighted by Crippen LogP contribution is 2.36. The molecule has 1 N–H and O–H groups in total. The second kappa shape index (κ2) is 9.69. The van der Waals surface area contributed by atoms with Crippen molar-refractivity contribution in [3.05, 3.63) is 34.4 Å². The summed E-state index contributed by atoms with van der Waals surface area (Å²) in [4.78, 5) is 21.9. The molecular weight excluding hydrogens is 348 g/mol. The number of carbonyl (C=O) groups excluding carboxylic acids is 1. The molecule has 7 nitrogen and oxygen atoms in total. The maximum Gasteiger partial charge on any atom is 0.411 e. The first kappa shape index (κ1) is 19.6. The van der Waals surface area contributed by atoms with Crippen LogP contribution in [-0.4, -0.2) is 29.8 Å². The van der Waals surface area contributed by atoms with Gasteiger partial charge in [-0.15, -0.1) is 0 Å². The first-order valence-corrected chi connectivity index (χ1v) is 9.95. The molecule has 1 saturated carbocycles. The highest BCUT2D eigenvalue weighted by Gasteiger charge is 2.34. The van der Waals surface area contributed by atoms with E-state index in [-0.39, 0.29) is 5.69 Å². The van der Waals surface area contributed by atoms with Crippen molar-refractivity contribution >= 4 is 17.5 Å². The number of benzene rings is 1. The summed E-state index contributed by atoms with van der Waals surface area (Å²) >= 11 is 0. The van der Waals surface area contributed by atoms with Gasteiger partial charge in [0.1, 0.15) is 0 Å². The Balaban J connectivity index is 1.32. The predicted octanol–water partition coefficient (Wildman–Crippen LogP) is 5.05. The van der Waals surface area contributed by atoms with Crippen LogP contribution in [0.3, 0.4) is 0 Å². The smallest absolute Gasteiger partial charge is 0.411 e. The molecule has 1 amide bonds. The van der Waals surface area contributed by atoms with Crippen LogP contribution in [0.2, 0.25) is 0 Å². The fourth-order valence-corrected chi connectivity index (χ4v) is 4.10. The van der Waals surface area contributed by atoms with Gasteiger partial charge in [0.2, 0.25) is 0 Å². The van der Waals surface area contributed by atoms with E-state index in [1.807, 2.05) is 0 Å². The average Bonchev–Trinajstić information content (AvgIpc) is 3.00. The molecule has 2 aliphatic rings. The van der Waals surface area contributed by atoms with Gasteiger partial charge in [-0.05, 0) is 50.2 Å². The lowest BCUT2D eigenvalue weighted by molar-refractivity contribution is -0.384. The second-order valence-electron chi connectivity index (χ2n) is 7.49. The minimum absolute atomic E-state index is 0.0162. The predicted molar refractivity (Wildman–Crippen MR) is 102 cm³/mol. The third kappa shape index (κ3) is 5.92. The van der Waals surface area contributed by atoms with E-state index in [1.54, 1.807) is 0 Å². The highest BCUT2D eigenvalue weighted by atomic mass is 16.6. The number of nitro groups is 1. The van der Waals surface area contributed by atoms with Gasteiger partial charge in [0.25, 0.3) is 5.69 Å². The average molecular weight is 376 g/mol. The Hall–Kier alpha value is -2.15. The SMILES string of the molecule is O=C(Nc1ccc([N+](=O)[O-])cc1)OCCC[C@@H]1C[C@H]2CCCCCC[C@@H]2O1. The van der Waals surface area contributed by atoms with Crippen molar-refractivity contribution in [1.29, 1.82) is 0 Å². The second-order valence-corrected chi connectivity index (χ2v) is 7.49. The van der Waals surface area contributed by atoms with Crippen molar-refractivity contribution in [3.8, 4) is 0 Å². The summed E-state index contributed by atoms with van der Waals surface area (Å²) in [7, 11) is 0. The van der Waals surface area contributed by atoms with Crippen LogP contribution in [0.25, 0.3) is 0 Å². The number of carbonyl (C=O) groups is 1. The molecule has 1 saturated heterocycles. The number of hydrogen-bond donors (Lipinski definition) is 1. The minimum atomic E-state index is -0.544. The van der Waals surface area contributed by atoms with E-state index in [2.05, 4.69) is 5.32 Å². The molecule has 1 aliphatic heterocycles. The standard InChI is InChI=1S/C20H28N2O5/c23-20(21-16-9-11-17(12-10-16)22(24)25)26-13-5-7-18-14-15-6-3-1-2-4-8-19(15)27-18/h9-12,15,18-19H,1-8,13-14H2,(H,21,23)/t15-,18-,19+/m1/s1. The van der Waals surface area contributed by atoms with E-state index in [9.17, 15) is 14.9 Å². The van der Waals surface area contributed by atoms with Crippen LogP contribution in [0, 0.1) is 16.0 Å². The molecule has 0 aromatic heterocycles. The lowest BCUT2D eigenvalue weighted by atomic mass is 9.87. The van der Waals surface area contributed by atoms with Crippen LogP contribution in [0.1, 0.15) is 57.8 Å². The first-order valence-electron chi connectivity index (χ1n) is 9.95. The van der Waals surface area contributed by atoms with E-state index in [0.29, 0.717) is 30.4 Å². The summed E-state index contributed by atoms with van der Waals surface area (Å²) in [5.41, 5.74) is 0.457. The molecule has 3 atom stereocenters. The molecule has 0 radical (unpaired) electrons. The number of amides is 1. The molecule has 27 heavy (non-hydrogen) atoms. The van der Waals surface area contributed by atoms with Gasteiger partial charge >= 0.3 is 6.09 Å². The lowest BCUT2D eigenvalue weighted by Gasteiger charge is -2.21. The van der Waals surface area contributed by atoms with Gasteiger partial charge < -0.3 is 9.47 Å². The van der Waals surface area contributed by atoms with Crippen molar-refractivity contribution in [2.45, 2.75) is 70.0 Å². The molecule has 148 valence electrons. The maximum absolute atomic E-state index is 11.8. The largest absolute Gasteiger partial charge is 0.449 e. The number of nitro benzene ring substituents is 1. The maximum atomic E-state index is 11.8. The van der Waals surface area contributed by atoms with E-state index >= 15 is 0 Å². The molecule has 1 heterocycles. The zero-order valence-corrected chi connectivity index (χ0v) is 15.6. The summed E-state index contributed by atoms with van der Waals surface area (Å²) in [6, 6.07) is 5.66. The summed E-state index contributed by atoms with van der Waals surface area (Å²) in [6.45, 7) is 0.341. The Morgan fingerprint density at radius 1 is 1.19 bits per heavy atom. The van der Waals surface area contributed by atoms with Crippen molar-refractivity contribution in [2.24, 2.45) is 5.92 Å². The number of non-ortho nitro benzene ring substituents is 1. The number of nitrogens with one attached hydrogen (secondary N) is 1. The third-order valence-electron chi connectivity index (χ3n) is 5.50. The topological polar surface area (TPSA) is 90.7 Å². The van der Waals surface area contributed by atoms with Gasteiger partial charge in [0, 0.05) is 17.8 Å². The van der Waals surface area contributed by atoms with Crippen LogP contribution < -0.4 is 5.32 Å². The first-order chi connectivity index (χ1) is 13.1. The molecule has 7 heteroatoms. The van der Waals surface area contributed by atoms with Crippen molar-refractivity contribution in [3.63, 3.8) is 0 Å². The Bertz CT molecular complexity index is 618. The molecule has 0 bridgehead atoms. The third-order valence-corrected chi connectivity index (χ3v) is 5.50. The normalized spacial score (nSPS) is 25.1. The van der Waals surface area contributed by atoms with E-state index in [1.165, 1.54) is 62.8 Å². The molecule has 1 aromatic carbocycles. The fourth-order valence-electron chi connectivity index (χ4n) is 4.10. The van der Waals surface area contributed by atoms with Gasteiger partial charge in [0.05, 0.1) is 23.7 Å². The Morgan fingerprint density at radius 3 is 2.67 bits per heavy atom. The fraction of sp³-hybridized carbons (Fsp3) is 0.650. The van der Waals surface area contributed by atoms with Crippen LogP contribution >= 0.6 is 0 Å². The van der Waals surface area contributed by atoms with Crippen molar-refractivity contribution < 1.29 is 19.2 Å². The molecular formula is C20H28N2O5. The van der Waals surface area contributed by atoms with Crippen LogP contribution in [0.15, 0.2) is 24.3 Å². The molecule has 2 fully saturated rings. The van der Waals surface area contributed by atoms with Crippen molar-refractivity contribution in [2.75, 3.05) is 11.9 Å². The van der Waals surface area contributed by atoms with Crippen LogP contribution in [0.5, 0.6) is 0 Å². The highest BCUT2D eigenvalue weighted by molar-refractivity contribution is 5.84. The zero-order chi connectivity index (χ0) is 19.1. The summed E-state index contributed by atoms with van der Waals surface area (Å²) in [5, 5.41) is 13.2. The number of nitrogens with zero attached hydrogens (tertiary/aromatic N) is 1. The van der Waals surface area contributed by atoms with Gasteiger partial charge in [-0.25, -0.2) is 4.79 Å². The molecule has 3 rings (SSSR count). The lowest BCUT2D eigenvalue weighted by Crippen LogP contribution is -2.18. The van der Waals surface area contributed by atoms with E-state index in [0.717, 1.165) is 19.3 Å². The number of fused-ring (bicyclic) bond motifs is 1.